The molecule has 0 fully saturated rings. The number of hydrogen-bond acceptors (Lipinski definition) is 6. The van der Waals surface area contributed by atoms with Crippen molar-refractivity contribution in [2.75, 3.05) is 37.0 Å². The molecule has 0 aliphatic heterocycles. The Kier molecular flexibility index (Phi) is 6.44. The van der Waals surface area contributed by atoms with Gasteiger partial charge in [0.2, 0.25) is 11.9 Å². The Hall–Kier alpha value is -1.80. The van der Waals surface area contributed by atoms with E-state index in [1.807, 2.05) is 6.92 Å². The molecule has 0 radical (unpaired) electrons. The van der Waals surface area contributed by atoms with Crippen molar-refractivity contribution in [3.05, 3.63) is 0 Å². The lowest BCUT2D eigenvalue weighted by Gasteiger charge is -2.23. The van der Waals surface area contributed by atoms with Crippen LogP contribution in [0.1, 0.15) is 26.7 Å². The van der Waals surface area contributed by atoms with Crippen molar-refractivity contribution in [2.45, 2.75) is 32.9 Å². The van der Waals surface area contributed by atoms with Gasteiger partial charge < -0.3 is 15.0 Å². The predicted octanol–water partition coefficient (Wildman–Crippen LogP) is 2.48. The molecule has 0 unspecified atom stereocenters. The summed E-state index contributed by atoms with van der Waals surface area (Å²) in [6, 6.07) is 0.0227. The highest BCUT2D eigenvalue weighted by Gasteiger charge is 2.32. The van der Waals surface area contributed by atoms with Gasteiger partial charge in [-0.3, -0.25) is 0 Å². The Labute approximate surface area is 121 Å². The molecule has 1 N–H and O–H groups in total. The van der Waals surface area contributed by atoms with Crippen LogP contribution in [0.4, 0.5) is 25.1 Å². The van der Waals surface area contributed by atoms with Crippen LogP contribution in [0.5, 0.6) is 6.01 Å². The number of nitrogens with zero attached hydrogens (tertiary/aromatic N) is 4. The molecule has 9 heteroatoms. The summed E-state index contributed by atoms with van der Waals surface area (Å²) in [5, 5.41) is 2.69. The van der Waals surface area contributed by atoms with Crippen molar-refractivity contribution in [1.29, 1.82) is 0 Å². The quantitative estimate of drug-likeness (QED) is 0.796. The molecule has 1 aromatic rings. The summed E-state index contributed by atoms with van der Waals surface area (Å²) in [6.07, 6.45) is -3.04. The van der Waals surface area contributed by atoms with Gasteiger partial charge in [-0.25, -0.2) is 0 Å². The number of halogens is 3. The third-order valence-electron chi connectivity index (χ3n) is 2.41. The summed E-state index contributed by atoms with van der Waals surface area (Å²) >= 11 is 0. The van der Waals surface area contributed by atoms with Crippen LogP contribution in [-0.2, 0) is 0 Å². The highest BCUT2D eigenvalue weighted by atomic mass is 19.4. The number of rotatable bonds is 8. The second-order valence-corrected chi connectivity index (χ2v) is 4.38. The molecule has 0 spiro atoms. The number of nitrogens with one attached hydrogen (secondary N) is 1. The Morgan fingerprint density at radius 3 is 2.38 bits per heavy atom. The summed E-state index contributed by atoms with van der Waals surface area (Å²) in [4.78, 5) is 13.0. The van der Waals surface area contributed by atoms with Gasteiger partial charge in [0, 0.05) is 13.6 Å². The molecule has 0 aliphatic carbocycles. The van der Waals surface area contributed by atoms with Gasteiger partial charge in [-0.15, -0.1) is 0 Å². The molecule has 0 bridgehead atoms. The molecule has 1 rings (SSSR count). The summed E-state index contributed by atoms with van der Waals surface area (Å²) in [6.45, 7) is 3.17. The van der Waals surface area contributed by atoms with Gasteiger partial charge in [-0.2, -0.15) is 28.1 Å². The normalized spacial score (nSPS) is 11.3. The average molecular weight is 307 g/mol. The molecule has 6 nitrogen and oxygen atoms in total. The van der Waals surface area contributed by atoms with Gasteiger partial charge in [0.15, 0.2) is 0 Å². The number of anilines is 2. The van der Waals surface area contributed by atoms with E-state index in [1.165, 1.54) is 0 Å². The largest absolute Gasteiger partial charge is 0.463 e. The van der Waals surface area contributed by atoms with E-state index in [0.29, 0.717) is 13.0 Å². The first-order chi connectivity index (χ1) is 9.89. The van der Waals surface area contributed by atoms with Gasteiger partial charge in [0.25, 0.3) is 0 Å². The third-order valence-corrected chi connectivity index (χ3v) is 2.41. The topological polar surface area (TPSA) is 63.2 Å². The lowest BCUT2D eigenvalue weighted by molar-refractivity contribution is -0.119. The number of aromatic nitrogens is 3. The number of hydrogen-bond donors (Lipinski definition) is 1. The van der Waals surface area contributed by atoms with Crippen molar-refractivity contribution >= 4 is 11.9 Å². The van der Waals surface area contributed by atoms with Gasteiger partial charge in [-0.1, -0.05) is 13.8 Å². The fourth-order valence-corrected chi connectivity index (χ4v) is 1.59. The maximum absolute atomic E-state index is 12.6. The minimum atomic E-state index is -4.33. The van der Waals surface area contributed by atoms with E-state index in [2.05, 4.69) is 20.3 Å². The number of ether oxygens (including phenoxy) is 1. The Morgan fingerprint density at radius 2 is 1.86 bits per heavy atom. The van der Waals surface area contributed by atoms with E-state index < -0.39 is 12.7 Å². The molecule has 1 heterocycles. The zero-order valence-electron chi connectivity index (χ0n) is 12.4. The highest BCUT2D eigenvalue weighted by molar-refractivity contribution is 5.38. The fraction of sp³-hybridized carbons (Fsp3) is 0.750. The van der Waals surface area contributed by atoms with Crippen molar-refractivity contribution in [2.24, 2.45) is 0 Å². The minimum Gasteiger partial charge on any atom is -0.463 e. The zero-order valence-corrected chi connectivity index (χ0v) is 12.4. The third kappa shape index (κ3) is 6.01. The van der Waals surface area contributed by atoms with Crippen LogP contribution in [-0.4, -0.2) is 47.9 Å². The van der Waals surface area contributed by atoms with E-state index in [9.17, 15) is 13.2 Å². The van der Waals surface area contributed by atoms with Gasteiger partial charge in [0.05, 0.1) is 6.61 Å². The molecule has 0 saturated heterocycles. The average Bonchev–Trinajstić information content (AvgIpc) is 2.43. The maximum atomic E-state index is 12.6. The van der Waals surface area contributed by atoms with Crippen molar-refractivity contribution < 1.29 is 17.9 Å². The van der Waals surface area contributed by atoms with Crippen molar-refractivity contribution in [1.82, 2.24) is 15.0 Å². The van der Waals surface area contributed by atoms with Gasteiger partial charge in [-0.05, 0) is 12.8 Å². The molecule has 0 saturated carbocycles. The molecule has 0 aliphatic rings. The highest BCUT2D eigenvalue weighted by Crippen LogP contribution is 2.22. The number of alkyl halides is 3. The van der Waals surface area contributed by atoms with Crippen molar-refractivity contribution in [3.8, 4) is 6.01 Å². The first kappa shape index (κ1) is 17.3. The molecule has 0 aromatic carbocycles. The second kappa shape index (κ2) is 7.84. The first-order valence-electron chi connectivity index (χ1n) is 6.78. The molecule has 0 amide bonds. The van der Waals surface area contributed by atoms with Crippen LogP contribution in [0.15, 0.2) is 0 Å². The minimum absolute atomic E-state index is 0.0227. The molecular weight excluding hydrogens is 287 g/mol. The Bertz CT molecular complexity index is 441. The van der Waals surface area contributed by atoms with E-state index in [1.54, 1.807) is 14.0 Å². The summed E-state index contributed by atoms with van der Waals surface area (Å²) in [5.74, 6) is 0.133. The monoisotopic (exact) mass is 307 g/mol. The zero-order chi connectivity index (χ0) is 15.9. The standard InChI is InChI=1S/C12H20F3N5O/c1-4-6-20(8-12(13,14)15)10-17-9(16-3)18-11(19-10)21-7-5-2/h4-8H2,1-3H3,(H,16,17,18,19). The van der Waals surface area contributed by atoms with Crippen LogP contribution in [0, 0.1) is 0 Å². The molecular formula is C12H20F3N5O. The first-order valence-corrected chi connectivity index (χ1v) is 6.78. The predicted molar refractivity (Wildman–Crippen MR) is 73.7 cm³/mol. The van der Waals surface area contributed by atoms with E-state index >= 15 is 0 Å². The molecule has 120 valence electrons. The molecule has 1 aromatic heterocycles. The molecule has 0 atom stereocenters. The Morgan fingerprint density at radius 1 is 1.14 bits per heavy atom. The Balaban J connectivity index is 3.04. The smallest absolute Gasteiger partial charge is 0.406 e. The van der Waals surface area contributed by atoms with Crippen LogP contribution < -0.4 is 15.0 Å². The maximum Gasteiger partial charge on any atom is 0.406 e. The molecule has 21 heavy (non-hydrogen) atoms. The SMILES string of the molecule is CCCOc1nc(NC)nc(N(CCC)CC(F)(F)F)n1. The fourth-order valence-electron chi connectivity index (χ4n) is 1.59. The van der Waals surface area contributed by atoms with Gasteiger partial charge in [0.1, 0.15) is 6.54 Å². The van der Waals surface area contributed by atoms with Crippen LogP contribution in [0.25, 0.3) is 0 Å². The van der Waals surface area contributed by atoms with Crippen molar-refractivity contribution in [3.63, 3.8) is 0 Å². The lowest BCUT2D eigenvalue weighted by atomic mass is 10.4. The summed E-state index contributed by atoms with van der Waals surface area (Å²) < 4.78 is 43.2. The van der Waals surface area contributed by atoms with Crippen LogP contribution in [0.3, 0.4) is 0 Å². The van der Waals surface area contributed by atoms with E-state index in [0.717, 1.165) is 11.3 Å². The van der Waals surface area contributed by atoms with Crippen LogP contribution in [0.2, 0.25) is 0 Å². The summed E-state index contributed by atoms with van der Waals surface area (Å²) in [7, 11) is 1.58. The second-order valence-electron chi connectivity index (χ2n) is 4.38. The van der Waals surface area contributed by atoms with Gasteiger partial charge >= 0.3 is 12.2 Å². The lowest BCUT2D eigenvalue weighted by Crippen LogP contribution is -2.36. The van der Waals surface area contributed by atoms with Crippen LogP contribution >= 0.6 is 0 Å². The van der Waals surface area contributed by atoms with E-state index in [4.69, 9.17) is 4.74 Å². The summed E-state index contributed by atoms with van der Waals surface area (Å²) in [5.41, 5.74) is 0. The van der Waals surface area contributed by atoms with E-state index in [-0.39, 0.29) is 24.5 Å².